The molecule has 0 rings (SSSR count). The quantitative estimate of drug-likeness (QED) is 0.528. The van der Waals surface area contributed by atoms with Crippen LogP contribution in [-0.2, 0) is 0 Å². The van der Waals surface area contributed by atoms with Crippen molar-refractivity contribution in [2.45, 2.75) is 20.0 Å². The monoisotopic (exact) mass is 140 g/mol. The normalized spacial score (nSPS) is 15.7. The van der Waals surface area contributed by atoms with Crippen molar-refractivity contribution in [3.63, 3.8) is 0 Å². The van der Waals surface area contributed by atoms with E-state index in [1.54, 1.807) is 12.2 Å². The first-order chi connectivity index (χ1) is 4.72. The summed E-state index contributed by atoms with van der Waals surface area (Å²) in [6, 6.07) is 0. The van der Waals surface area contributed by atoms with E-state index in [-0.39, 0.29) is 0 Å². The van der Waals surface area contributed by atoms with Gasteiger partial charge in [-0.05, 0) is 19.4 Å². The van der Waals surface area contributed by atoms with Crippen LogP contribution in [0.4, 0.5) is 4.39 Å². The number of halogens is 1. The maximum absolute atomic E-state index is 12.5. The van der Waals surface area contributed by atoms with Gasteiger partial charge in [0.1, 0.15) is 6.17 Å². The van der Waals surface area contributed by atoms with E-state index in [1.807, 2.05) is 13.0 Å². The van der Waals surface area contributed by atoms with Gasteiger partial charge in [0.2, 0.25) is 0 Å². The van der Waals surface area contributed by atoms with Crippen LogP contribution in [0.2, 0.25) is 0 Å². The lowest BCUT2D eigenvalue weighted by molar-refractivity contribution is 0.417. The Bertz CT molecular complexity index is 152. The summed E-state index contributed by atoms with van der Waals surface area (Å²) in [5.41, 5.74) is 0.623. The molecular formula is C9H13F. The Morgan fingerprint density at radius 2 is 2.20 bits per heavy atom. The van der Waals surface area contributed by atoms with E-state index in [4.69, 9.17) is 0 Å². The Morgan fingerprint density at radius 1 is 1.60 bits per heavy atom. The summed E-state index contributed by atoms with van der Waals surface area (Å²) in [5.74, 6) is 0. The number of rotatable bonds is 3. The molecule has 1 atom stereocenters. The summed E-state index contributed by atoms with van der Waals surface area (Å²) in [4.78, 5) is 0. The highest BCUT2D eigenvalue weighted by molar-refractivity contribution is 5.24. The molecule has 0 amide bonds. The third kappa shape index (κ3) is 3.23. The summed E-state index contributed by atoms with van der Waals surface area (Å²) < 4.78 is 12.5. The molecule has 0 N–H and O–H groups in total. The van der Waals surface area contributed by atoms with Crippen LogP contribution in [0.3, 0.4) is 0 Å². The van der Waals surface area contributed by atoms with Gasteiger partial charge in [0.25, 0.3) is 0 Å². The molecule has 1 heteroatoms. The highest BCUT2D eigenvalue weighted by Gasteiger charge is 1.98. The lowest BCUT2D eigenvalue weighted by atomic mass is 10.1. The Morgan fingerprint density at radius 3 is 2.50 bits per heavy atom. The van der Waals surface area contributed by atoms with Crippen molar-refractivity contribution in [2.75, 3.05) is 0 Å². The van der Waals surface area contributed by atoms with Crippen molar-refractivity contribution >= 4 is 0 Å². The first-order valence-corrected chi connectivity index (χ1v) is 3.31. The molecule has 0 bridgehead atoms. The van der Waals surface area contributed by atoms with Gasteiger partial charge in [0, 0.05) is 0 Å². The molecule has 1 unspecified atom stereocenters. The van der Waals surface area contributed by atoms with Crippen molar-refractivity contribution in [1.82, 2.24) is 0 Å². The zero-order valence-electron chi connectivity index (χ0n) is 6.47. The predicted octanol–water partition coefficient (Wildman–Crippen LogP) is 3.03. The van der Waals surface area contributed by atoms with Crippen molar-refractivity contribution < 1.29 is 4.39 Å². The van der Waals surface area contributed by atoms with Crippen molar-refractivity contribution in [3.05, 3.63) is 36.5 Å². The smallest absolute Gasteiger partial charge is 0.122 e. The molecule has 0 spiro atoms. The Hall–Kier alpha value is -0.850. The van der Waals surface area contributed by atoms with Gasteiger partial charge >= 0.3 is 0 Å². The van der Waals surface area contributed by atoms with Gasteiger partial charge in [0.15, 0.2) is 0 Å². The van der Waals surface area contributed by atoms with Gasteiger partial charge in [-0.1, -0.05) is 30.9 Å². The number of hydrogen-bond acceptors (Lipinski definition) is 0. The van der Waals surface area contributed by atoms with E-state index < -0.39 is 6.17 Å². The van der Waals surface area contributed by atoms with Crippen LogP contribution < -0.4 is 0 Å². The number of allylic oxidation sites excluding steroid dienone is 5. The van der Waals surface area contributed by atoms with E-state index in [1.165, 1.54) is 13.0 Å². The molecule has 0 aliphatic rings. The minimum Gasteiger partial charge on any atom is -0.243 e. The molecule has 0 aliphatic heterocycles. The van der Waals surface area contributed by atoms with Gasteiger partial charge < -0.3 is 0 Å². The van der Waals surface area contributed by atoms with Crippen molar-refractivity contribution in [2.24, 2.45) is 0 Å². The zero-order chi connectivity index (χ0) is 7.98. The Kier molecular flexibility index (Phi) is 4.55. The predicted molar refractivity (Wildman–Crippen MR) is 43.7 cm³/mol. The summed E-state index contributed by atoms with van der Waals surface area (Å²) >= 11 is 0. The second-order valence-electron chi connectivity index (χ2n) is 2.01. The van der Waals surface area contributed by atoms with Crippen LogP contribution in [0.1, 0.15) is 13.8 Å². The molecule has 0 aromatic rings. The highest BCUT2D eigenvalue weighted by Crippen LogP contribution is 2.06. The SMILES string of the molecule is C=C/C(=C\C=C/C)C(C)F. The van der Waals surface area contributed by atoms with Crippen LogP contribution in [-0.4, -0.2) is 6.17 Å². The molecule has 0 aromatic heterocycles. The molecule has 0 aromatic carbocycles. The summed E-state index contributed by atoms with van der Waals surface area (Å²) in [6.07, 6.45) is 5.98. The summed E-state index contributed by atoms with van der Waals surface area (Å²) in [7, 11) is 0. The molecule has 10 heavy (non-hydrogen) atoms. The van der Waals surface area contributed by atoms with Gasteiger partial charge in [-0.15, -0.1) is 0 Å². The average molecular weight is 140 g/mol. The fraction of sp³-hybridized carbons (Fsp3) is 0.333. The molecule has 56 valence electrons. The van der Waals surface area contributed by atoms with E-state index in [0.29, 0.717) is 5.57 Å². The lowest BCUT2D eigenvalue weighted by Gasteiger charge is -1.98. The van der Waals surface area contributed by atoms with Gasteiger partial charge in [-0.3, -0.25) is 0 Å². The average Bonchev–Trinajstić information content (AvgIpc) is 1.89. The third-order valence-corrected chi connectivity index (χ3v) is 1.18. The molecule has 0 saturated heterocycles. The van der Waals surface area contributed by atoms with Gasteiger partial charge in [-0.2, -0.15) is 0 Å². The van der Waals surface area contributed by atoms with E-state index >= 15 is 0 Å². The van der Waals surface area contributed by atoms with E-state index in [2.05, 4.69) is 6.58 Å². The molecule has 0 aliphatic carbocycles. The maximum atomic E-state index is 12.5. The second kappa shape index (κ2) is 4.98. The highest BCUT2D eigenvalue weighted by atomic mass is 19.1. The van der Waals surface area contributed by atoms with Crippen LogP contribution in [0, 0.1) is 0 Å². The largest absolute Gasteiger partial charge is 0.243 e. The van der Waals surface area contributed by atoms with Crippen molar-refractivity contribution in [3.8, 4) is 0 Å². The maximum Gasteiger partial charge on any atom is 0.122 e. The minimum atomic E-state index is -0.923. The summed E-state index contributed by atoms with van der Waals surface area (Å²) in [5, 5.41) is 0. The molecular weight excluding hydrogens is 127 g/mol. The Labute approximate surface area is 61.8 Å². The number of alkyl halides is 1. The standard InChI is InChI=1S/C9H13F/c1-4-6-7-9(5-2)8(3)10/h4-8H,2H2,1,3H3/b6-4-,9-7+. The number of hydrogen-bond donors (Lipinski definition) is 0. The molecule has 0 saturated carbocycles. The molecule has 0 fully saturated rings. The zero-order valence-corrected chi connectivity index (χ0v) is 6.47. The van der Waals surface area contributed by atoms with E-state index in [9.17, 15) is 4.39 Å². The first-order valence-electron chi connectivity index (χ1n) is 3.31. The van der Waals surface area contributed by atoms with Crippen molar-refractivity contribution in [1.29, 1.82) is 0 Å². The summed E-state index contributed by atoms with van der Waals surface area (Å²) in [6.45, 7) is 6.88. The van der Waals surface area contributed by atoms with Crippen LogP contribution >= 0.6 is 0 Å². The fourth-order valence-electron chi connectivity index (χ4n) is 0.570. The topological polar surface area (TPSA) is 0 Å². The van der Waals surface area contributed by atoms with Gasteiger partial charge in [0.05, 0.1) is 0 Å². The van der Waals surface area contributed by atoms with Crippen LogP contribution in [0.25, 0.3) is 0 Å². The van der Waals surface area contributed by atoms with E-state index in [0.717, 1.165) is 0 Å². The minimum absolute atomic E-state index is 0.623. The van der Waals surface area contributed by atoms with Crippen LogP contribution in [0.5, 0.6) is 0 Å². The second-order valence-corrected chi connectivity index (χ2v) is 2.01. The Balaban J connectivity index is 4.18. The lowest BCUT2D eigenvalue weighted by Crippen LogP contribution is -1.93. The van der Waals surface area contributed by atoms with Crippen LogP contribution in [0.15, 0.2) is 36.5 Å². The molecule has 0 radical (unpaired) electrons. The fourth-order valence-corrected chi connectivity index (χ4v) is 0.570. The third-order valence-electron chi connectivity index (χ3n) is 1.18. The molecule has 0 nitrogen and oxygen atoms in total. The first kappa shape index (κ1) is 9.15. The van der Waals surface area contributed by atoms with Gasteiger partial charge in [-0.25, -0.2) is 4.39 Å². The molecule has 0 heterocycles.